The SMILES string of the molecule is COCCCNC(=O)[C@@H]1C[C@@H]2CC[C@@H]1C[C@@]21NC(=O)c2ccccc2O1. The van der Waals surface area contributed by atoms with Crippen molar-refractivity contribution in [2.75, 3.05) is 20.3 Å². The summed E-state index contributed by atoms with van der Waals surface area (Å²) in [5.41, 5.74) is -0.0618. The number of carbonyl (C=O) groups is 2. The highest BCUT2D eigenvalue weighted by Gasteiger charge is 2.57. The summed E-state index contributed by atoms with van der Waals surface area (Å²) in [4.78, 5) is 25.2. The summed E-state index contributed by atoms with van der Waals surface area (Å²) in [6.07, 6.45) is 4.30. The van der Waals surface area contributed by atoms with E-state index >= 15 is 0 Å². The normalized spacial score (nSPS) is 31.9. The van der Waals surface area contributed by atoms with Gasteiger partial charge in [-0.3, -0.25) is 9.59 Å². The zero-order valence-electron chi connectivity index (χ0n) is 15.1. The Morgan fingerprint density at radius 3 is 3.00 bits per heavy atom. The van der Waals surface area contributed by atoms with Gasteiger partial charge in [0, 0.05) is 38.5 Å². The summed E-state index contributed by atoms with van der Waals surface area (Å²) < 4.78 is 11.4. The molecule has 2 amide bonds. The van der Waals surface area contributed by atoms with Gasteiger partial charge in [-0.15, -0.1) is 0 Å². The molecule has 3 fully saturated rings. The molecular formula is C20H26N2O4. The first-order valence-electron chi connectivity index (χ1n) is 9.50. The van der Waals surface area contributed by atoms with Crippen molar-refractivity contribution in [2.24, 2.45) is 17.8 Å². The molecule has 26 heavy (non-hydrogen) atoms. The number of rotatable bonds is 5. The molecule has 1 spiro atoms. The maximum Gasteiger partial charge on any atom is 0.258 e. The van der Waals surface area contributed by atoms with E-state index in [1.165, 1.54) is 0 Å². The van der Waals surface area contributed by atoms with E-state index in [4.69, 9.17) is 9.47 Å². The molecule has 1 aliphatic heterocycles. The number of amides is 2. The Labute approximate surface area is 153 Å². The summed E-state index contributed by atoms with van der Waals surface area (Å²) in [7, 11) is 1.66. The van der Waals surface area contributed by atoms with Crippen LogP contribution in [0.25, 0.3) is 0 Å². The van der Waals surface area contributed by atoms with Crippen molar-refractivity contribution >= 4 is 11.8 Å². The first-order chi connectivity index (χ1) is 12.6. The van der Waals surface area contributed by atoms with Crippen molar-refractivity contribution in [1.29, 1.82) is 0 Å². The number of carbonyl (C=O) groups excluding carboxylic acids is 2. The summed E-state index contributed by atoms with van der Waals surface area (Å²) in [5.74, 6) is 1.14. The van der Waals surface area contributed by atoms with E-state index in [9.17, 15) is 9.59 Å². The molecule has 6 nitrogen and oxygen atoms in total. The fraction of sp³-hybridized carbons (Fsp3) is 0.600. The van der Waals surface area contributed by atoms with Crippen molar-refractivity contribution < 1.29 is 19.1 Å². The lowest BCUT2D eigenvalue weighted by Crippen LogP contribution is -2.66. The Morgan fingerprint density at radius 1 is 1.38 bits per heavy atom. The highest BCUT2D eigenvalue weighted by Crippen LogP contribution is 2.52. The maximum absolute atomic E-state index is 12.6. The molecule has 0 aromatic heterocycles. The van der Waals surface area contributed by atoms with Crippen LogP contribution in [0, 0.1) is 17.8 Å². The van der Waals surface area contributed by atoms with E-state index in [0.29, 0.717) is 30.9 Å². The van der Waals surface area contributed by atoms with Crippen LogP contribution in [0.3, 0.4) is 0 Å². The van der Waals surface area contributed by atoms with Gasteiger partial charge < -0.3 is 20.1 Å². The van der Waals surface area contributed by atoms with Gasteiger partial charge in [0.25, 0.3) is 5.91 Å². The maximum atomic E-state index is 12.6. The molecule has 0 saturated heterocycles. The number of fused-ring (bicyclic) bond motifs is 3. The van der Waals surface area contributed by atoms with Crippen molar-refractivity contribution in [3.8, 4) is 5.75 Å². The van der Waals surface area contributed by atoms with Crippen LogP contribution in [-0.2, 0) is 9.53 Å². The Balaban J connectivity index is 1.46. The van der Waals surface area contributed by atoms with Crippen LogP contribution in [0.2, 0.25) is 0 Å². The monoisotopic (exact) mass is 358 g/mol. The van der Waals surface area contributed by atoms with E-state index in [1.807, 2.05) is 18.2 Å². The van der Waals surface area contributed by atoms with E-state index in [0.717, 1.165) is 25.7 Å². The van der Waals surface area contributed by atoms with E-state index < -0.39 is 5.72 Å². The molecule has 3 saturated carbocycles. The van der Waals surface area contributed by atoms with Gasteiger partial charge in [0.15, 0.2) is 5.72 Å². The van der Waals surface area contributed by atoms with Gasteiger partial charge in [0.1, 0.15) is 5.75 Å². The molecule has 3 aliphatic carbocycles. The standard InChI is InChI=1S/C20H26N2O4/c1-25-10-4-9-21-18(23)16-11-14-8-7-13(16)12-20(14)22-19(24)15-5-2-3-6-17(15)26-20/h2-3,5-6,13-14,16H,4,7-12H2,1H3,(H,21,23)(H,22,24)/t13-,14+,16-,20+/m1/s1. The largest absolute Gasteiger partial charge is 0.467 e. The highest BCUT2D eigenvalue weighted by atomic mass is 16.5. The average molecular weight is 358 g/mol. The zero-order valence-corrected chi connectivity index (χ0v) is 15.1. The lowest BCUT2D eigenvalue weighted by atomic mass is 9.60. The molecule has 2 bridgehead atoms. The number of para-hydroxylation sites is 1. The topological polar surface area (TPSA) is 76.7 Å². The van der Waals surface area contributed by atoms with E-state index in [2.05, 4.69) is 10.6 Å². The first-order valence-corrected chi connectivity index (χ1v) is 9.50. The molecule has 4 atom stereocenters. The summed E-state index contributed by atoms with van der Waals surface area (Å²) in [6.45, 7) is 1.30. The Bertz CT molecular complexity index is 707. The lowest BCUT2D eigenvalue weighted by molar-refractivity contribution is -0.146. The number of nitrogens with one attached hydrogen (secondary N) is 2. The Morgan fingerprint density at radius 2 is 2.23 bits per heavy atom. The molecule has 1 aromatic carbocycles. The van der Waals surface area contributed by atoms with Gasteiger partial charge in [-0.25, -0.2) is 0 Å². The smallest absolute Gasteiger partial charge is 0.258 e. The minimum absolute atomic E-state index is 0.0135. The average Bonchev–Trinajstić information content (AvgIpc) is 2.65. The zero-order chi connectivity index (χ0) is 18.1. The second-order valence-electron chi connectivity index (χ2n) is 7.66. The van der Waals surface area contributed by atoms with Crippen LogP contribution in [-0.4, -0.2) is 37.8 Å². The minimum atomic E-state index is -0.652. The molecule has 1 heterocycles. The van der Waals surface area contributed by atoms with E-state index in [1.54, 1.807) is 13.2 Å². The third-order valence-electron chi connectivity index (χ3n) is 6.13. The van der Waals surface area contributed by atoms with Crippen LogP contribution in [0.15, 0.2) is 24.3 Å². The van der Waals surface area contributed by atoms with Crippen LogP contribution < -0.4 is 15.4 Å². The van der Waals surface area contributed by atoms with Gasteiger partial charge in [0.05, 0.1) is 5.56 Å². The molecule has 0 unspecified atom stereocenters. The first kappa shape index (κ1) is 17.3. The molecular weight excluding hydrogens is 332 g/mol. The van der Waals surface area contributed by atoms with Gasteiger partial charge in [0.2, 0.25) is 5.91 Å². The Kier molecular flexibility index (Phi) is 4.61. The molecule has 0 radical (unpaired) electrons. The predicted molar refractivity (Wildman–Crippen MR) is 95.7 cm³/mol. The van der Waals surface area contributed by atoms with Crippen molar-refractivity contribution in [2.45, 2.75) is 37.8 Å². The number of ether oxygens (including phenoxy) is 2. The van der Waals surface area contributed by atoms with Crippen molar-refractivity contribution in [3.05, 3.63) is 29.8 Å². The van der Waals surface area contributed by atoms with Crippen molar-refractivity contribution in [1.82, 2.24) is 10.6 Å². The molecule has 1 aromatic rings. The third-order valence-corrected chi connectivity index (χ3v) is 6.13. The number of methoxy groups -OCH3 is 1. The van der Waals surface area contributed by atoms with E-state index in [-0.39, 0.29) is 29.6 Å². The summed E-state index contributed by atoms with van der Waals surface area (Å²) in [6, 6.07) is 7.38. The van der Waals surface area contributed by atoms with Crippen LogP contribution in [0.5, 0.6) is 5.75 Å². The molecule has 5 rings (SSSR count). The summed E-state index contributed by atoms with van der Waals surface area (Å²) in [5, 5.41) is 6.17. The van der Waals surface area contributed by atoms with Crippen molar-refractivity contribution in [3.63, 3.8) is 0 Å². The predicted octanol–water partition coefficient (Wildman–Crippen LogP) is 2.09. The molecule has 6 heteroatoms. The minimum Gasteiger partial charge on any atom is -0.467 e. The summed E-state index contributed by atoms with van der Waals surface area (Å²) >= 11 is 0. The second kappa shape index (κ2) is 6.91. The third kappa shape index (κ3) is 2.96. The molecule has 4 aliphatic rings. The number of benzene rings is 1. The van der Waals surface area contributed by atoms with Crippen LogP contribution in [0.4, 0.5) is 0 Å². The number of hydrogen-bond acceptors (Lipinski definition) is 4. The fourth-order valence-corrected chi connectivity index (χ4v) is 4.84. The molecule has 140 valence electrons. The lowest BCUT2D eigenvalue weighted by Gasteiger charge is -2.55. The second-order valence-corrected chi connectivity index (χ2v) is 7.66. The van der Waals surface area contributed by atoms with Gasteiger partial charge in [-0.2, -0.15) is 0 Å². The van der Waals surface area contributed by atoms with Gasteiger partial charge in [-0.05, 0) is 43.7 Å². The quantitative estimate of drug-likeness (QED) is 0.791. The van der Waals surface area contributed by atoms with Crippen LogP contribution in [0.1, 0.15) is 42.5 Å². The Hall–Kier alpha value is -2.08. The number of hydrogen-bond donors (Lipinski definition) is 2. The highest BCUT2D eigenvalue weighted by molar-refractivity contribution is 5.98. The van der Waals surface area contributed by atoms with Gasteiger partial charge >= 0.3 is 0 Å². The fourth-order valence-electron chi connectivity index (χ4n) is 4.84. The van der Waals surface area contributed by atoms with Crippen LogP contribution >= 0.6 is 0 Å². The molecule has 2 N–H and O–H groups in total. The van der Waals surface area contributed by atoms with Gasteiger partial charge in [-0.1, -0.05) is 12.1 Å².